The van der Waals surface area contributed by atoms with E-state index in [0.717, 1.165) is 86.1 Å². The van der Waals surface area contributed by atoms with Crippen molar-refractivity contribution < 1.29 is 32.2 Å². The van der Waals surface area contributed by atoms with Crippen LogP contribution in [0, 0.1) is 23.2 Å². The van der Waals surface area contributed by atoms with Crippen LogP contribution in [-0.2, 0) is 37.3 Å². The minimum Gasteiger partial charge on any atom is -0.497 e. The monoisotopic (exact) mass is 774 g/mol. The Labute approximate surface area is 326 Å². The van der Waals surface area contributed by atoms with Crippen molar-refractivity contribution >= 4 is 32.7 Å². The number of hydrogen-bond donors (Lipinski definition) is 1. The van der Waals surface area contributed by atoms with Gasteiger partial charge >= 0.3 is 0 Å². The molecule has 4 atom stereocenters. The molecule has 2 saturated carbocycles. The molecule has 5 fully saturated rings. The molecule has 9 rings (SSSR count). The lowest BCUT2D eigenvalue weighted by molar-refractivity contribution is -0.143. The van der Waals surface area contributed by atoms with Gasteiger partial charge in [-0.05, 0) is 99.7 Å². The Morgan fingerprint density at radius 3 is 2.44 bits per heavy atom. The molecule has 2 bridgehead atoms. The predicted octanol–water partition coefficient (Wildman–Crippen LogP) is 5.84. The average Bonchev–Trinajstić information content (AvgIpc) is 3.73. The third-order valence-electron chi connectivity index (χ3n) is 13.1. The van der Waals surface area contributed by atoms with Crippen LogP contribution in [-0.4, -0.2) is 106 Å². The third kappa shape index (κ3) is 7.44. The normalized spacial score (nSPS) is 25.9. The molecule has 2 aromatic carbocycles. The lowest BCUT2D eigenvalue weighted by Crippen LogP contribution is -2.54. The molecule has 3 saturated heterocycles. The van der Waals surface area contributed by atoms with Crippen molar-refractivity contribution in [1.82, 2.24) is 19.1 Å². The third-order valence-corrected chi connectivity index (χ3v) is 14.8. The minimum atomic E-state index is -3.83. The van der Waals surface area contributed by atoms with Gasteiger partial charge in [0.2, 0.25) is 15.9 Å². The van der Waals surface area contributed by atoms with Gasteiger partial charge in [-0.1, -0.05) is 25.3 Å². The van der Waals surface area contributed by atoms with Crippen molar-refractivity contribution in [3.8, 4) is 17.0 Å². The largest absolute Gasteiger partial charge is 0.497 e. The summed E-state index contributed by atoms with van der Waals surface area (Å²) in [5.41, 5.74) is 5.33. The number of amides is 2. The Hall–Kier alpha value is -3.45. The van der Waals surface area contributed by atoms with Gasteiger partial charge in [0.15, 0.2) is 0 Å². The van der Waals surface area contributed by atoms with Crippen LogP contribution in [0.4, 0.5) is 0 Å². The standard InChI is InChI=1S/C43H58N4O7S/c1-5-53-16-15-45-21-29-23-46(24-30(22-45)26-54-25-29)42(49)43-20-34(43)17-33-18-35(52-4)12-14-36(33)40-39(31-9-7-6-8-10-31)37-13-11-32(19-38(37)47(40)27-43)41(48)44-55(50,51)28(2)3/h11-14,18-19,28-31,34H,5-10,15-17,20-27H2,1-4H3,(H,44,48)/t29-,30+,34-,43+/m1/s1. The van der Waals surface area contributed by atoms with Crippen LogP contribution >= 0.6 is 0 Å². The smallest absolute Gasteiger partial charge is 0.264 e. The first-order valence-corrected chi connectivity index (χ1v) is 22.1. The number of nitrogens with zero attached hydrogens (tertiary/aromatic N) is 3. The molecule has 6 aliphatic rings. The number of sulfonamides is 1. The van der Waals surface area contributed by atoms with Gasteiger partial charge < -0.3 is 28.6 Å². The molecule has 0 unspecified atom stereocenters. The van der Waals surface area contributed by atoms with Crippen LogP contribution in [0.5, 0.6) is 5.75 Å². The summed E-state index contributed by atoms with van der Waals surface area (Å²) < 4.78 is 47.9. The summed E-state index contributed by atoms with van der Waals surface area (Å²) in [6, 6.07) is 12.0. The topological polar surface area (TPSA) is 119 Å². The number of carbonyl (C=O) groups excluding carboxylic acids is 2. The molecule has 4 aliphatic heterocycles. The first-order valence-electron chi connectivity index (χ1n) is 20.6. The summed E-state index contributed by atoms with van der Waals surface area (Å²) in [6.45, 7) is 12.4. The second-order valence-electron chi connectivity index (χ2n) is 17.2. The molecular weight excluding hydrogens is 717 g/mol. The number of aromatic nitrogens is 1. The van der Waals surface area contributed by atoms with E-state index in [1.54, 1.807) is 27.0 Å². The molecule has 12 heteroatoms. The van der Waals surface area contributed by atoms with E-state index < -0.39 is 26.6 Å². The van der Waals surface area contributed by atoms with Crippen LogP contribution in [0.15, 0.2) is 36.4 Å². The number of benzene rings is 2. The van der Waals surface area contributed by atoms with Crippen LogP contribution in [0.2, 0.25) is 0 Å². The van der Waals surface area contributed by atoms with Crippen LogP contribution < -0.4 is 9.46 Å². The van der Waals surface area contributed by atoms with E-state index >= 15 is 4.79 Å². The van der Waals surface area contributed by atoms with Gasteiger partial charge in [-0.15, -0.1) is 0 Å². The number of carbonyl (C=O) groups is 2. The van der Waals surface area contributed by atoms with E-state index in [1.807, 2.05) is 25.1 Å². The zero-order valence-electron chi connectivity index (χ0n) is 33.0. The van der Waals surface area contributed by atoms with E-state index in [-0.39, 0.29) is 23.7 Å². The Morgan fingerprint density at radius 1 is 1.00 bits per heavy atom. The summed E-state index contributed by atoms with van der Waals surface area (Å²) >= 11 is 0. The Balaban J connectivity index is 1.23. The summed E-state index contributed by atoms with van der Waals surface area (Å²) in [6.07, 6.45) is 7.29. The molecule has 5 heterocycles. The number of rotatable bonds is 10. The van der Waals surface area contributed by atoms with Crippen molar-refractivity contribution in [3.05, 3.63) is 53.1 Å². The number of fused-ring (bicyclic) bond motifs is 12. The van der Waals surface area contributed by atoms with Crippen molar-refractivity contribution in [2.45, 2.75) is 83.4 Å². The zero-order valence-corrected chi connectivity index (χ0v) is 33.8. The lowest BCUT2D eigenvalue weighted by atomic mass is 9.80. The van der Waals surface area contributed by atoms with Gasteiger partial charge in [0.1, 0.15) is 5.75 Å². The first-order chi connectivity index (χ1) is 26.5. The zero-order chi connectivity index (χ0) is 38.5. The summed E-state index contributed by atoms with van der Waals surface area (Å²) in [5, 5.41) is 0.337. The molecule has 2 aliphatic carbocycles. The fourth-order valence-electron chi connectivity index (χ4n) is 10.1. The number of methoxy groups -OCH3 is 1. The minimum absolute atomic E-state index is 0.154. The molecule has 2 amide bonds. The van der Waals surface area contributed by atoms with Crippen molar-refractivity contribution in [2.75, 3.05) is 66.3 Å². The highest BCUT2D eigenvalue weighted by Crippen LogP contribution is 2.60. The maximum atomic E-state index is 15.3. The van der Waals surface area contributed by atoms with Crippen LogP contribution in [0.3, 0.4) is 0 Å². The fraction of sp³-hybridized carbons (Fsp3) is 0.628. The summed E-state index contributed by atoms with van der Waals surface area (Å²) in [4.78, 5) is 33.6. The first kappa shape index (κ1) is 38.4. The lowest BCUT2D eigenvalue weighted by Gasteiger charge is -2.42. The van der Waals surface area contributed by atoms with Crippen molar-refractivity contribution in [2.24, 2.45) is 23.2 Å². The molecule has 0 spiro atoms. The highest BCUT2D eigenvalue weighted by molar-refractivity contribution is 7.90. The molecule has 1 N–H and O–H groups in total. The number of nitrogens with one attached hydrogen (secondary N) is 1. The second-order valence-corrected chi connectivity index (χ2v) is 19.4. The van der Waals surface area contributed by atoms with E-state index in [4.69, 9.17) is 14.2 Å². The molecule has 0 radical (unpaired) electrons. The van der Waals surface area contributed by atoms with Gasteiger partial charge in [0.25, 0.3) is 5.91 Å². The predicted molar refractivity (Wildman–Crippen MR) is 213 cm³/mol. The van der Waals surface area contributed by atoms with Gasteiger partial charge in [0, 0.05) is 79.7 Å². The van der Waals surface area contributed by atoms with E-state index in [9.17, 15) is 13.2 Å². The molecular formula is C43H58N4O7S. The molecule has 11 nitrogen and oxygen atoms in total. The van der Waals surface area contributed by atoms with E-state index in [1.165, 1.54) is 17.5 Å². The maximum absolute atomic E-state index is 15.3. The SMILES string of the molecule is CCOCCN1C[C@H]2COC[C@@H](C1)CN(C(=O)[C@]13C[C@H]1Cc1cc(OC)ccc1-c1c(C4CCCCC4)c4ccc(C(=O)NS(=O)(=O)C(C)C)cc4n1C3)C2. The van der Waals surface area contributed by atoms with Gasteiger partial charge in [-0.3, -0.25) is 9.59 Å². The second kappa shape index (κ2) is 15.5. The van der Waals surface area contributed by atoms with E-state index in [0.29, 0.717) is 57.5 Å². The van der Waals surface area contributed by atoms with Crippen molar-refractivity contribution in [3.63, 3.8) is 0 Å². The van der Waals surface area contributed by atoms with E-state index in [2.05, 4.69) is 31.2 Å². The van der Waals surface area contributed by atoms with Gasteiger partial charge in [-0.2, -0.15) is 0 Å². The van der Waals surface area contributed by atoms with Crippen LogP contribution in [0.1, 0.15) is 86.7 Å². The van der Waals surface area contributed by atoms with Gasteiger partial charge in [0.05, 0.1) is 43.3 Å². The van der Waals surface area contributed by atoms with Gasteiger partial charge in [-0.25, -0.2) is 13.1 Å². The molecule has 298 valence electrons. The average molecular weight is 775 g/mol. The number of ether oxygens (including phenoxy) is 3. The maximum Gasteiger partial charge on any atom is 0.264 e. The number of hydrogen-bond acceptors (Lipinski definition) is 8. The molecule has 1 aromatic heterocycles. The Morgan fingerprint density at radius 2 is 1.75 bits per heavy atom. The fourth-order valence-corrected chi connectivity index (χ4v) is 10.7. The summed E-state index contributed by atoms with van der Waals surface area (Å²) in [7, 11) is -2.13. The highest BCUT2D eigenvalue weighted by Gasteiger charge is 2.62. The molecule has 55 heavy (non-hydrogen) atoms. The van der Waals surface area contributed by atoms with Crippen molar-refractivity contribution in [1.29, 1.82) is 0 Å². The highest BCUT2D eigenvalue weighted by atomic mass is 32.2. The summed E-state index contributed by atoms with van der Waals surface area (Å²) in [5.74, 6) is 1.31. The quantitative estimate of drug-likeness (QED) is 0.256. The molecule has 3 aromatic rings. The Bertz CT molecular complexity index is 2020. The van der Waals surface area contributed by atoms with Crippen LogP contribution in [0.25, 0.3) is 22.2 Å². The Kier molecular flexibility index (Phi) is 10.8.